The van der Waals surface area contributed by atoms with E-state index in [9.17, 15) is 0 Å². The van der Waals surface area contributed by atoms with Crippen molar-refractivity contribution >= 4 is 8.41 Å². The molecular formula is C9H16B. The molecule has 0 saturated heterocycles. The predicted octanol–water partition coefficient (Wildman–Crippen LogP) is 2.60. The lowest BCUT2D eigenvalue weighted by atomic mass is 9.72. The SMILES string of the molecule is C1CC2CCCC(C1)C2.[B]. The summed E-state index contributed by atoms with van der Waals surface area (Å²) in [5.74, 6) is 2.30. The van der Waals surface area contributed by atoms with Gasteiger partial charge in [-0.1, -0.05) is 38.5 Å². The van der Waals surface area contributed by atoms with Crippen LogP contribution in [0.15, 0.2) is 0 Å². The fourth-order valence-electron chi connectivity index (χ4n) is 2.62. The van der Waals surface area contributed by atoms with Crippen LogP contribution in [-0.2, 0) is 0 Å². The molecule has 0 nitrogen and oxygen atoms in total. The minimum atomic E-state index is 0. The predicted molar refractivity (Wildman–Crippen MR) is 45.1 cm³/mol. The van der Waals surface area contributed by atoms with Gasteiger partial charge in [-0.3, -0.25) is 0 Å². The van der Waals surface area contributed by atoms with Crippen LogP contribution in [0.4, 0.5) is 0 Å². The van der Waals surface area contributed by atoms with Gasteiger partial charge in [0.2, 0.25) is 0 Å². The molecule has 2 saturated carbocycles. The Hall–Kier alpha value is 0.0649. The van der Waals surface area contributed by atoms with Gasteiger partial charge in [-0.05, 0) is 18.3 Å². The molecular weight excluding hydrogens is 119 g/mol. The molecule has 0 heterocycles. The minimum absolute atomic E-state index is 0. The molecule has 0 spiro atoms. The number of fused-ring (bicyclic) bond motifs is 2. The maximum atomic E-state index is 1.58. The maximum absolute atomic E-state index is 1.58. The molecule has 0 aromatic rings. The van der Waals surface area contributed by atoms with Gasteiger partial charge in [0.1, 0.15) is 0 Å². The molecule has 1 heteroatoms. The van der Waals surface area contributed by atoms with E-state index in [-0.39, 0.29) is 8.41 Å². The topological polar surface area (TPSA) is 0 Å². The summed E-state index contributed by atoms with van der Waals surface area (Å²) in [6, 6.07) is 0. The molecule has 0 amide bonds. The van der Waals surface area contributed by atoms with Crippen molar-refractivity contribution in [3.63, 3.8) is 0 Å². The van der Waals surface area contributed by atoms with Crippen LogP contribution in [0, 0.1) is 11.8 Å². The minimum Gasteiger partial charge on any atom is -0.0528 e. The zero-order valence-electron chi connectivity index (χ0n) is 6.68. The molecule has 0 aliphatic heterocycles. The summed E-state index contributed by atoms with van der Waals surface area (Å²) in [7, 11) is 0. The van der Waals surface area contributed by atoms with E-state index in [4.69, 9.17) is 0 Å². The van der Waals surface area contributed by atoms with Gasteiger partial charge in [-0.15, -0.1) is 0 Å². The molecule has 2 rings (SSSR count). The monoisotopic (exact) mass is 135 g/mol. The van der Waals surface area contributed by atoms with Crippen molar-refractivity contribution in [2.75, 3.05) is 0 Å². The number of hydrogen-bond acceptors (Lipinski definition) is 0. The molecule has 3 radical (unpaired) electrons. The van der Waals surface area contributed by atoms with Crippen molar-refractivity contribution in [3.8, 4) is 0 Å². The second-order valence-corrected chi connectivity index (χ2v) is 3.83. The zero-order valence-corrected chi connectivity index (χ0v) is 6.68. The highest BCUT2D eigenvalue weighted by molar-refractivity contribution is 5.75. The number of rotatable bonds is 0. The van der Waals surface area contributed by atoms with Crippen LogP contribution in [0.25, 0.3) is 0 Å². The third kappa shape index (κ3) is 1.56. The van der Waals surface area contributed by atoms with Crippen LogP contribution in [-0.4, -0.2) is 8.41 Å². The van der Waals surface area contributed by atoms with Crippen molar-refractivity contribution in [2.45, 2.75) is 44.9 Å². The summed E-state index contributed by atoms with van der Waals surface area (Å²) in [4.78, 5) is 0. The molecule has 2 aliphatic rings. The quantitative estimate of drug-likeness (QED) is 0.448. The molecule has 2 bridgehead atoms. The van der Waals surface area contributed by atoms with Crippen LogP contribution < -0.4 is 0 Å². The third-order valence-electron chi connectivity index (χ3n) is 3.12. The molecule has 0 atom stereocenters. The third-order valence-corrected chi connectivity index (χ3v) is 3.12. The first-order chi connectivity index (χ1) is 4.45. The van der Waals surface area contributed by atoms with E-state index in [2.05, 4.69) is 0 Å². The van der Waals surface area contributed by atoms with Gasteiger partial charge in [-0.2, -0.15) is 0 Å². The summed E-state index contributed by atoms with van der Waals surface area (Å²) in [5.41, 5.74) is 0. The van der Waals surface area contributed by atoms with Gasteiger partial charge in [0, 0.05) is 8.41 Å². The molecule has 0 N–H and O–H groups in total. The Labute approximate surface area is 66.0 Å². The molecule has 2 fully saturated rings. The Morgan fingerprint density at radius 1 is 0.700 bits per heavy atom. The Morgan fingerprint density at radius 2 is 1.10 bits per heavy atom. The first-order valence-electron chi connectivity index (χ1n) is 4.45. The number of hydrogen-bond donors (Lipinski definition) is 0. The van der Waals surface area contributed by atoms with Crippen LogP contribution >= 0.6 is 0 Å². The molecule has 2 aliphatic carbocycles. The van der Waals surface area contributed by atoms with E-state index in [1.165, 1.54) is 12.8 Å². The second-order valence-electron chi connectivity index (χ2n) is 3.83. The van der Waals surface area contributed by atoms with E-state index in [1.54, 1.807) is 32.1 Å². The van der Waals surface area contributed by atoms with Gasteiger partial charge < -0.3 is 0 Å². The summed E-state index contributed by atoms with van der Waals surface area (Å²) in [6.07, 6.45) is 10.9. The standard InChI is InChI=1S/C9H16.B/c1-3-8-5-2-6-9(4-1)7-8;/h8-9H,1-7H2;. The van der Waals surface area contributed by atoms with E-state index < -0.39 is 0 Å². The van der Waals surface area contributed by atoms with E-state index >= 15 is 0 Å². The van der Waals surface area contributed by atoms with Crippen LogP contribution in [0.2, 0.25) is 0 Å². The van der Waals surface area contributed by atoms with Crippen LogP contribution in [0.1, 0.15) is 44.9 Å². The molecule has 10 heavy (non-hydrogen) atoms. The van der Waals surface area contributed by atoms with Crippen molar-refractivity contribution in [1.29, 1.82) is 0 Å². The first-order valence-corrected chi connectivity index (χ1v) is 4.45. The molecule has 0 aromatic heterocycles. The largest absolute Gasteiger partial charge is 0.0528 e. The van der Waals surface area contributed by atoms with Crippen molar-refractivity contribution in [3.05, 3.63) is 0 Å². The Balaban J connectivity index is 0.000000500. The highest BCUT2D eigenvalue weighted by atomic mass is 14.3. The average molecular weight is 135 g/mol. The Bertz CT molecular complexity index is 80.9. The Kier molecular flexibility index (Phi) is 2.82. The van der Waals surface area contributed by atoms with E-state index in [0.717, 1.165) is 11.8 Å². The summed E-state index contributed by atoms with van der Waals surface area (Å²) < 4.78 is 0. The molecule has 0 aromatic carbocycles. The Morgan fingerprint density at radius 3 is 1.40 bits per heavy atom. The fraction of sp³-hybridized carbons (Fsp3) is 1.00. The van der Waals surface area contributed by atoms with Gasteiger partial charge >= 0.3 is 0 Å². The summed E-state index contributed by atoms with van der Waals surface area (Å²) in [6.45, 7) is 0. The highest BCUT2D eigenvalue weighted by Gasteiger charge is 2.25. The van der Waals surface area contributed by atoms with Crippen molar-refractivity contribution in [2.24, 2.45) is 11.8 Å². The normalized spacial score (nSPS) is 38.4. The second kappa shape index (κ2) is 3.45. The summed E-state index contributed by atoms with van der Waals surface area (Å²) >= 11 is 0. The smallest absolute Gasteiger partial charge is 0 e. The van der Waals surface area contributed by atoms with Crippen LogP contribution in [0.5, 0.6) is 0 Å². The van der Waals surface area contributed by atoms with E-state index in [1.807, 2.05) is 0 Å². The maximum Gasteiger partial charge on any atom is 0 e. The van der Waals surface area contributed by atoms with Gasteiger partial charge in [0.05, 0.1) is 0 Å². The highest BCUT2D eigenvalue weighted by Crippen LogP contribution is 2.39. The van der Waals surface area contributed by atoms with Crippen molar-refractivity contribution in [1.82, 2.24) is 0 Å². The zero-order chi connectivity index (χ0) is 6.10. The fourth-order valence-corrected chi connectivity index (χ4v) is 2.62. The van der Waals surface area contributed by atoms with Gasteiger partial charge in [0.25, 0.3) is 0 Å². The summed E-state index contributed by atoms with van der Waals surface area (Å²) in [5, 5.41) is 0. The van der Waals surface area contributed by atoms with Gasteiger partial charge in [0.15, 0.2) is 0 Å². The lowest BCUT2D eigenvalue weighted by Crippen LogP contribution is -2.20. The lowest BCUT2D eigenvalue weighted by Gasteiger charge is -2.33. The van der Waals surface area contributed by atoms with Gasteiger partial charge in [-0.25, -0.2) is 0 Å². The average Bonchev–Trinajstić information content (AvgIpc) is 1.88. The molecule has 0 unspecified atom stereocenters. The van der Waals surface area contributed by atoms with E-state index in [0.29, 0.717) is 0 Å². The molecule has 55 valence electrons. The van der Waals surface area contributed by atoms with Crippen molar-refractivity contribution < 1.29 is 0 Å². The van der Waals surface area contributed by atoms with Crippen LogP contribution in [0.3, 0.4) is 0 Å². The first kappa shape index (κ1) is 8.16. The lowest BCUT2D eigenvalue weighted by molar-refractivity contribution is 0.190.